The van der Waals surface area contributed by atoms with Gasteiger partial charge in [-0.05, 0) is 57.8 Å². The molecule has 66 heavy (non-hydrogen) atoms. The van der Waals surface area contributed by atoms with Crippen molar-refractivity contribution in [2.45, 2.75) is 303 Å². The van der Waals surface area contributed by atoms with E-state index in [1.54, 1.807) is 0 Å². The topological polar surface area (TPSA) is 78.9 Å². The third-order valence-corrected chi connectivity index (χ3v) is 12.6. The smallest absolute Gasteiger partial charge is 0.306 e. The Hall–Kier alpha value is -2.63. The molecule has 0 heterocycles. The first-order chi connectivity index (χ1) is 32.5. The van der Waals surface area contributed by atoms with Crippen molar-refractivity contribution in [3.63, 3.8) is 0 Å². The lowest BCUT2D eigenvalue weighted by atomic mass is 10.0. The zero-order valence-corrected chi connectivity index (χ0v) is 44.0. The Kier molecular flexibility index (Phi) is 52.8. The van der Waals surface area contributed by atoms with Crippen molar-refractivity contribution in [3.05, 3.63) is 48.6 Å². The second kappa shape index (κ2) is 55.0. The summed E-state index contributed by atoms with van der Waals surface area (Å²) >= 11 is 0. The Balaban J connectivity index is 4.08. The minimum atomic E-state index is -0.772. The molecule has 0 aromatic heterocycles. The van der Waals surface area contributed by atoms with Gasteiger partial charge in [-0.2, -0.15) is 0 Å². The van der Waals surface area contributed by atoms with Crippen LogP contribution in [-0.2, 0) is 28.6 Å². The Labute approximate surface area is 409 Å². The maximum Gasteiger partial charge on any atom is 0.306 e. The molecule has 0 aliphatic rings. The van der Waals surface area contributed by atoms with Gasteiger partial charge in [-0.3, -0.25) is 14.4 Å². The van der Waals surface area contributed by atoms with E-state index in [-0.39, 0.29) is 31.1 Å². The van der Waals surface area contributed by atoms with Gasteiger partial charge in [0.15, 0.2) is 6.10 Å². The van der Waals surface area contributed by atoms with Crippen molar-refractivity contribution >= 4 is 17.9 Å². The summed E-state index contributed by atoms with van der Waals surface area (Å²) in [5, 5.41) is 0. The van der Waals surface area contributed by atoms with E-state index in [0.29, 0.717) is 19.3 Å². The van der Waals surface area contributed by atoms with Crippen LogP contribution >= 0.6 is 0 Å². The lowest BCUT2D eigenvalue weighted by molar-refractivity contribution is -0.167. The molecule has 384 valence electrons. The van der Waals surface area contributed by atoms with Crippen molar-refractivity contribution in [1.29, 1.82) is 0 Å². The quantitative estimate of drug-likeness (QED) is 0.0262. The summed E-state index contributed by atoms with van der Waals surface area (Å²) in [5.41, 5.74) is 0. The second-order valence-electron chi connectivity index (χ2n) is 19.2. The average Bonchev–Trinajstić information content (AvgIpc) is 3.31. The zero-order valence-electron chi connectivity index (χ0n) is 44.0. The molecule has 6 heteroatoms. The molecule has 0 amide bonds. The molecule has 0 N–H and O–H groups in total. The third-order valence-electron chi connectivity index (χ3n) is 12.6. The number of ether oxygens (including phenoxy) is 3. The first-order valence-electron chi connectivity index (χ1n) is 28.6. The number of carbonyl (C=O) groups is 3. The summed E-state index contributed by atoms with van der Waals surface area (Å²) in [6.45, 7) is 6.47. The predicted molar refractivity (Wildman–Crippen MR) is 284 cm³/mol. The molecule has 0 saturated heterocycles. The van der Waals surface area contributed by atoms with Gasteiger partial charge in [0.05, 0.1) is 0 Å². The van der Waals surface area contributed by atoms with Crippen LogP contribution in [0.4, 0.5) is 0 Å². The summed E-state index contributed by atoms with van der Waals surface area (Å²) in [5.74, 6) is -0.883. The van der Waals surface area contributed by atoms with E-state index in [2.05, 4.69) is 69.4 Å². The number of hydrogen-bond donors (Lipinski definition) is 0. The van der Waals surface area contributed by atoms with Crippen LogP contribution in [0, 0.1) is 0 Å². The summed E-state index contributed by atoms with van der Waals surface area (Å²) in [7, 11) is 0. The summed E-state index contributed by atoms with van der Waals surface area (Å²) < 4.78 is 16.7. The van der Waals surface area contributed by atoms with Gasteiger partial charge in [0.2, 0.25) is 0 Å². The average molecular weight is 926 g/mol. The molecule has 0 spiro atoms. The molecule has 1 unspecified atom stereocenters. The highest BCUT2D eigenvalue weighted by Gasteiger charge is 2.19. The number of allylic oxidation sites excluding steroid dienone is 8. The van der Waals surface area contributed by atoms with Crippen LogP contribution in [0.25, 0.3) is 0 Å². The molecule has 0 aliphatic carbocycles. The van der Waals surface area contributed by atoms with E-state index in [9.17, 15) is 14.4 Å². The van der Waals surface area contributed by atoms with E-state index in [1.165, 1.54) is 161 Å². The Morgan fingerprint density at radius 1 is 0.318 bits per heavy atom. The van der Waals surface area contributed by atoms with Crippen LogP contribution in [0.3, 0.4) is 0 Å². The highest BCUT2D eigenvalue weighted by atomic mass is 16.6. The zero-order chi connectivity index (χ0) is 47.9. The highest BCUT2D eigenvalue weighted by molar-refractivity contribution is 5.71. The standard InChI is InChI=1S/C60H108O6/c1-4-7-10-13-15-17-19-21-23-25-27-29-31-32-34-36-38-40-42-44-47-50-53-59(62)65-56-57(55-64-58(61)52-49-46-12-9-6-3)66-60(63)54-51-48-45-43-41-39-37-35-33-30-28-26-24-22-20-18-16-14-11-8-5-2/h8,11,16,18,22,24,28,30,57H,4-7,9-10,12-15,17,19-21,23,25-27,29,31-56H2,1-3H3/b11-8-,18-16-,24-22-,30-28-. The van der Waals surface area contributed by atoms with Gasteiger partial charge in [-0.1, -0.05) is 268 Å². The normalized spacial score (nSPS) is 12.3. The minimum Gasteiger partial charge on any atom is -0.462 e. The SMILES string of the molecule is CC/C=C\C/C=C\C/C=C\C/C=C\CCCCCCCCCCC(=O)OC(COC(=O)CCCCCCC)COC(=O)CCCCCCCCCCCCCCCCCCCCCCCC. The Morgan fingerprint density at radius 3 is 0.924 bits per heavy atom. The summed E-state index contributed by atoms with van der Waals surface area (Å²) in [6.07, 6.45) is 67.2. The molecule has 0 bridgehead atoms. The van der Waals surface area contributed by atoms with Crippen LogP contribution in [-0.4, -0.2) is 37.2 Å². The van der Waals surface area contributed by atoms with Gasteiger partial charge in [-0.25, -0.2) is 0 Å². The maximum atomic E-state index is 12.8. The van der Waals surface area contributed by atoms with Gasteiger partial charge < -0.3 is 14.2 Å². The second-order valence-corrected chi connectivity index (χ2v) is 19.2. The van der Waals surface area contributed by atoms with E-state index in [4.69, 9.17) is 14.2 Å². The Bertz CT molecular complexity index is 1150. The van der Waals surface area contributed by atoms with Crippen LogP contribution < -0.4 is 0 Å². The number of esters is 3. The fourth-order valence-electron chi connectivity index (χ4n) is 8.32. The lowest BCUT2D eigenvalue weighted by Crippen LogP contribution is -2.30. The minimum absolute atomic E-state index is 0.0735. The molecular formula is C60H108O6. The molecule has 0 radical (unpaired) electrons. The molecule has 6 nitrogen and oxygen atoms in total. The lowest BCUT2D eigenvalue weighted by Gasteiger charge is -2.18. The maximum absolute atomic E-state index is 12.8. The molecule has 0 aromatic rings. The van der Waals surface area contributed by atoms with Crippen LogP contribution in [0.1, 0.15) is 297 Å². The van der Waals surface area contributed by atoms with Gasteiger partial charge in [0.25, 0.3) is 0 Å². The monoisotopic (exact) mass is 925 g/mol. The van der Waals surface area contributed by atoms with Crippen molar-refractivity contribution in [1.82, 2.24) is 0 Å². The van der Waals surface area contributed by atoms with Gasteiger partial charge >= 0.3 is 17.9 Å². The van der Waals surface area contributed by atoms with Crippen LogP contribution in [0.2, 0.25) is 0 Å². The van der Waals surface area contributed by atoms with Gasteiger partial charge in [-0.15, -0.1) is 0 Å². The molecule has 0 aromatic carbocycles. The largest absolute Gasteiger partial charge is 0.462 e. The van der Waals surface area contributed by atoms with Crippen molar-refractivity contribution in [2.75, 3.05) is 13.2 Å². The molecule has 0 saturated carbocycles. The van der Waals surface area contributed by atoms with E-state index in [0.717, 1.165) is 96.3 Å². The number of carbonyl (C=O) groups excluding carboxylic acids is 3. The predicted octanol–water partition coefficient (Wildman–Crippen LogP) is 19.0. The summed E-state index contributed by atoms with van der Waals surface area (Å²) in [4.78, 5) is 37.8. The first kappa shape index (κ1) is 63.4. The molecule has 0 rings (SSSR count). The summed E-state index contributed by atoms with van der Waals surface area (Å²) in [6, 6.07) is 0. The van der Waals surface area contributed by atoms with Crippen molar-refractivity contribution < 1.29 is 28.6 Å². The van der Waals surface area contributed by atoms with Gasteiger partial charge in [0.1, 0.15) is 13.2 Å². The van der Waals surface area contributed by atoms with Crippen LogP contribution in [0.15, 0.2) is 48.6 Å². The Morgan fingerprint density at radius 2 is 0.591 bits per heavy atom. The first-order valence-corrected chi connectivity index (χ1v) is 28.6. The molecular weight excluding hydrogens is 817 g/mol. The molecule has 0 fully saturated rings. The number of rotatable bonds is 52. The fraction of sp³-hybridized carbons (Fsp3) is 0.817. The molecule has 1 atom stereocenters. The fourth-order valence-corrected chi connectivity index (χ4v) is 8.32. The third kappa shape index (κ3) is 52.3. The highest BCUT2D eigenvalue weighted by Crippen LogP contribution is 2.17. The van der Waals surface area contributed by atoms with Crippen molar-refractivity contribution in [2.24, 2.45) is 0 Å². The van der Waals surface area contributed by atoms with E-state index >= 15 is 0 Å². The van der Waals surface area contributed by atoms with Gasteiger partial charge in [0, 0.05) is 19.3 Å². The van der Waals surface area contributed by atoms with Crippen LogP contribution in [0.5, 0.6) is 0 Å². The molecule has 0 aliphatic heterocycles. The van der Waals surface area contributed by atoms with E-state index in [1.807, 2.05) is 0 Å². The number of hydrogen-bond acceptors (Lipinski definition) is 6. The van der Waals surface area contributed by atoms with E-state index < -0.39 is 6.10 Å². The van der Waals surface area contributed by atoms with Crippen molar-refractivity contribution in [3.8, 4) is 0 Å². The number of unbranched alkanes of at least 4 members (excludes halogenated alkanes) is 33.